The highest BCUT2D eigenvalue weighted by molar-refractivity contribution is 6.35. The van der Waals surface area contributed by atoms with E-state index in [0.717, 1.165) is 31.0 Å². The fraction of sp³-hybridized carbons (Fsp3) is 0.263. The number of amides is 1. The lowest BCUT2D eigenvalue weighted by Crippen LogP contribution is -2.48. The first kappa shape index (κ1) is 17.3. The normalized spacial score (nSPS) is 15.5. The molecule has 0 unspecified atom stereocenters. The van der Waals surface area contributed by atoms with E-state index in [1.54, 1.807) is 18.2 Å². The zero-order valence-electron chi connectivity index (χ0n) is 14.1. The van der Waals surface area contributed by atoms with Crippen LogP contribution in [0.15, 0.2) is 48.8 Å². The molecule has 1 saturated heterocycles. The topological polar surface area (TPSA) is 40.9 Å². The highest BCUT2D eigenvalue weighted by atomic mass is 35.5. The molecule has 1 aromatic carbocycles. The van der Waals surface area contributed by atoms with Crippen molar-refractivity contribution in [1.29, 1.82) is 0 Å². The number of fused-ring (bicyclic) bond motifs is 1. The van der Waals surface area contributed by atoms with Crippen LogP contribution in [-0.2, 0) is 6.54 Å². The number of carbonyl (C=O) groups is 1. The van der Waals surface area contributed by atoms with Crippen LogP contribution in [0.5, 0.6) is 0 Å². The zero-order valence-corrected chi connectivity index (χ0v) is 15.6. The molecule has 1 aliphatic heterocycles. The van der Waals surface area contributed by atoms with Crippen LogP contribution in [-0.4, -0.2) is 51.3 Å². The maximum atomic E-state index is 12.7. The molecule has 2 aromatic heterocycles. The number of hydrogen-bond acceptors (Lipinski definition) is 3. The molecule has 3 heterocycles. The largest absolute Gasteiger partial charge is 0.336 e. The van der Waals surface area contributed by atoms with Gasteiger partial charge in [0.05, 0.1) is 22.5 Å². The van der Waals surface area contributed by atoms with Gasteiger partial charge >= 0.3 is 0 Å². The summed E-state index contributed by atoms with van der Waals surface area (Å²) in [6.07, 6.45) is 3.94. The first-order valence-electron chi connectivity index (χ1n) is 8.49. The lowest BCUT2D eigenvalue weighted by Gasteiger charge is -2.34. The average Bonchev–Trinajstić information content (AvgIpc) is 3.07. The second-order valence-electron chi connectivity index (χ2n) is 6.37. The standard InChI is InChI=1S/C19H18Cl2N4O/c20-14-4-5-17(21)16(11-14)19(26)24-9-7-23(8-10-24)13-15-12-22-18-3-1-2-6-25(15)18/h1-6,11-12H,7-10,13H2. The molecule has 0 bridgehead atoms. The number of pyridine rings is 1. The Bertz CT molecular complexity index is 948. The van der Waals surface area contributed by atoms with Crippen molar-refractivity contribution in [2.75, 3.05) is 26.2 Å². The van der Waals surface area contributed by atoms with Crippen LogP contribution in [0.3, 0.4) is 0 Å². The van der Waals surface area contributed by atoms with Gasteiger partial charge in [0.1, 0.15) is 5.65 Å². The van der Waals surface area contributed by atoms with Crippen LogP contribution in [0.2, 0.25) is 10.0 Å². The summed E-state index contributed by atoms with van der Waals surface area (Å²) >= 11 is 12.2. The number of nitrogens with zero attached hydrogens (tertiary/aromatic N) is 4. The summed E-state index contributed by atoms with van der Waals surface area (Å²) in [6.45, 7) is 3.76. The second kappa shape index (κ2) is 7.27. The van der Waals surface area contributed by atoms with Gasteiger partial charge in [-0.3, -0.25) is 9.69 Å². The molecule has 0 spiro atoms. The third kappa shape index (κ3) is 3.43. The molecule has 0 aliphatic carbocycles. The van der Waals surface area contributed by atoms with Gasteiger partial charge in [0.2, 0.25) is 0 Å². The van der Waals surface area contributed by atoms with Gasteiger partial charge in [-0.25, -0.2) is 4.98 Å². The van der Waals surface area contributed by atoms with E-state index in [4.69, 9.17) is 23.2 Å². The second-order valence-corrected chi connectivity index (χ2v) is 7.21. The summed E-state index contributed by atoms with van der Waals surface area (Å²) in [5.41, 5.74) is 2.57. The Morgan fingerprint density at radius 1 is 1.08 bits per heavy atom. The molecule has 7 heteroatoms. The summed E-state index contributed by atoms with van der Waals surface area (Å²) in [5, 5.41) is 0.955. The van der Waals surface area contributed by atoms with Crippen LogP contribution in [0.25, 0.3) is 5.65 Å². The average molecular weight is 389 g/mol. The van der Waals surface area contributed by atoms with Gasteiger partial charge in [-0.15, -0.1) is 0 Å². The van der Waals surface area contributed by atoms with Crippen molar-refractivity contribution in [3.8, 4) is 0 Å². The maximum absolute atomic E-state index is 12.7. The van der Waals surface area contributed by atoms with E-state index in [1.165, 1.54) is 0 Å². The fourth-order valence-electron chi connectivity index (χ4n) is 3.27. The highest BCUT2D eigenvalue weighted by Crippen LogP contribution is 2.23. The fourth-order valence-corrected chi connectivity index (χ4v) is 3.64. The Labute approximate surface area is 161 Å². The molecule has 1 amide bonds. The predicted molar refractivity (Wildman–Crippen MR) is 103 cm³/mol. The molecular weight excluding hydrogens is 371 g/mol. The summed E-state index contributed by atoms with van der Waals surface area (Å²) in [6, 6.07) is 11.0. The molecule has 26 heavy (non-hydrogen) atoms. The van der Waals surface area contributed by atoms with E-state index in [0.29, 0.717) is 28.7 Å². The minimum absolute atomic E-state index is 0.0630. The molecule has 134 valence electrons. The van der Waals surface area contributed by atoms with Crippen LogP contribution >= 0.6 is 23.2 Å². The third-order valence-corrected chi connectivity index (χ3v) is 5.26. The molecule has 0 N–H and O–H groups in total. The van der Waals surface area contributed by atoms with Crippen LogP contribution in [0, 0.1) is 0 Å². The Morgan fingerprint density at radius 3 is 2.69 bits per heavy atom. The number of rotatable bonds is 3. The number of piperazine rings is 1. The predicted octanol–water partition coefficient (Wildman–Crippen LogP) is 3.60. The van der Waals surface area contributed by atoms with Crippen molar-refractivity contribution < 1.29 is 4.79 Å². The molecule has 0 radical (unpaired) electrons. The highest BCUT2D eigenvalue weighted by Gasteiger charge is 2.24. The zero-order chi connectivity index (χ0) is 18.1. The molecular formula is C19H18Cl2N4O. The van der Waals surface area contributed by atoms with E-state index in [1.807, 2.05) is 35.5 Å². The quantitative estimate of drug-likeness (QED) is 0.688. The van der Waals surface area contributed by atoms with Crippen LogP contribution < -0.4 is 0 Å². The Morgan fingerprint density at radius 2 is 1.88 bits per heavy atom. The van der Waals surface area contributed by atoms with Crippen molar-refractivity contribution in [1.82, 2.24) is 19.2 Å². The third-order valence-electron chi connectivity index (χ3n) is 4.70. The van der Waals surface area contributed by atoms with Gasteiger partial charge in [-0.2, -0.15) is 0 Å². The van der Waals surface area contributed by atoms with Crippen LogP contribution in [0.4, 0.5) is 0 Å². The molecule has 3 aromatic rings. The minimum Gasteiger partial charge on any atom is -0.336 e. The van der Waals surface area contributed by atoms with Crippen molar-refractivity contribution >= 4 is 34.8 Å². The SMILES string of the molecule is O=C(c1cc(Cl)ccc1Cl)N1CCN(Cc2cnc3ccccn23)CC1. The molecule has 0 saturated carbocycles. The molecule has 0 atom stereocenters. The van der Waals surface area contributed by atoms with Crippen molar-refractivity contribution in [3.63, 3.8) is 0 Å². The van der Waals surface area contributed by atoms with Crippen molar-refractivity contribution in [3.05, 3.63) is 70.1 Å². The minimum atomic E-state index is -0.0630. The number of aromatic nitrogens is 2. The Hall–Kier alpha value is -2.08. The number of benzene rings is 1. The van der Waals surface area contributed by atoms with E-state index >= 15 is 0 Å². The van der Waals surface area contributed by atoms with Crippen LogP contribution in [0.1, 0.15) is 16.1 Å². The van der Waals surface area contributed by atoms with Gasteiger partial charge < -0.3 is 9.30 Å². The Kier molecular flexibility index (Phi) is 4.85. The monoisotopic (exact) mass is 388 g/mol. The summed E-state index contributed by atoms with van der Waals surface area (Å²) in [7, 11) is 0. The molecule has 5 nitrogen and oxygen atoms in total. The van der Waals surface area contributed by atoms with E-state index < -0.39 is 0 Å². The first-order chi connectivity index (χ1) is 12.6. The summed E-state index contributed by atoms with van der Waals surface area (Å²) in [4.78, 5) is 21.3. The summed E-state index contributed by atoms with van der Waals surface area (Å²) in [5.74, 6) is -0.0630. The number of imidazole rings is 1. The van der Waals surface area contributed by atoms with E-state index in [-0.39, 0.29) is 5.91 Å². The molecule has 4 rings (SSSR count). The van der Waals surface area contributed by atoms with Gasteiger partial charge in [-0.1, -0.05) is 29.3 Å². The maximum Gasteiger partial charge on any atom is 0.255 e. The van der Waals surface area contributed by atoms with Gasteiger partial charge in [0.15, 0.2) is 0 Å². The summed E-state index contributed by atoms with van der Waals surface area (Å²) < 4.78 is 2.10. The number of hydrogen-bond donors (Lipinski definition) is 0. The van der Waals surface area contributed by atoms with Gasteiger partial charge in [0.25, 0.3) is 5.91 Å². The number of halogens is 2. The Balaban J connectivity index is 1.41. The van der Waals surface area contributed by atoms with Crippen molar-refractivity contribution in [2.24, 2.45) is 0 Å². The first-order valence-corrected chi connectivity index (χ1v) is 9.25. The van der Waals surface area contributed by atoms with Gasteiger partial charge in [0, 0.05) is 43.9 Å². The molecule has 1 fully saturated rings. The smallest absolute Gasteiger partial charge is 0.255 e. The van der Waals surface area contributed by atoms with E-state index in [9.17, 15) is 4.79 Å². The van der Waals surface area contributed by atoms with Gasteiger partial charge in [-0.05, 0) is 30.3 Å². The van der Waals surface area contributed by atoms with Crippen molar-refractivity contribution in [2.45, 2.75) is 6.54 Å². The lowest BCUT2D eigenvalue weighted by molar-refractivity contribution is 0.0627. The molecule has 1 aliphatic rings. The van der Waals surface area contributed by atoms with E-state index in [2.05, 4.69) is 14.3 Å². The lowest BCUT2D eigenvalue weighted by atomic mass is 10.1. The number of carbonyl (C=O) groups excluding carboxylic acids is 1.